The van der Waals surface area contributed by atoms with Gasteiger partial charge < -0.3 is 9.64 Å². The quantitative estimate of drug-likeness (QED) is 0.610. The molecule has 5 rings (SSSR count). The number of ether oxygens (including phenoxy) is 1. The molecule has 2 aliphatic rings. The maximum absolute atomic E-state index is 13.4. The van der Waals surface area contributed by atoms with E-state index >= 15 is 0 Å². The van der Waals surface area contributed by atoms with Crippen molar-refractivity contribution in [1.82, 2.24) is 0 Å². The summed E-state index contributed by atoms with van der Waals surface area (Å²) in [6.45, 7) is 2.08. The average molecular weight is 386 g/mol. The Morgan fingerprint density at radius 1 is 0.966 bits per heavy atom. The maximum Gasteiger partial charge on any atom is 0.258 e. The van der Waals surface area contributed by atoms with Crippen molar-refractivity contribution in [2.24, 2.45) is 0 Å². The molecule has 0 radical (unpaired) electrons. The normalized spacial score (nSPS) is 22.3. The van der Waals surface area contributed by atoms with E-state index in [-0.39, 0.29) is 11.9 Å². The number of fused-ring (bicyclic) bond motifs is 3. The van der Waals surface area contributed by atoms with Gasteiger partial charge in [-0.1, -0.05) is 42.5 Å². The van der Waals surface area contributed by atoms with Gasteiger partial charge in [0.15, 0.2) is 0 Å². The van der Waals surface area contributed by atoms with E-state index in [4.69, 9.17) is 9.57 Å². The minimum atomic E-state index is -0.576. The second-order valence-electron chi connectivity index (χ2n) is 7.48. The molecule has 1 amide bonds. The molecule has 0 unspecified atom stereocenters. The van der Waals surface area contributed by atoms with Crippen molar-refractivity contribution in [2.75, 3.05) is 17.1 Å². The number of rotatable bonds is 3. The molecule has 5 nitrogen and oxygen atoms in total. The zero-order chi connectivity index (χ0) is 20.0. The molecule has 1 saturated heterocycles. The van der Waals surface area contributed by atoms with Gasteiger partial charge in [-0.2, -0.15) is 0 Å². The van der Waals surface area contributed by atoms with Crippen LogP contribution in [0, 0.1) is 0 Å². The number of hydrogen-bond donors (Lipinski definition) is 0. The van der Waals surface area contributed by atoms with Crippen molar-refractivity contribution in [2.45, 2.75) is 25.1 Å². The molecule has 0 N–H and O–H groups in total. The summed E-state index contributed by atoms with van der Waals surface area (Å²) in [5.41, 5.74) is 2.92. The average Bonchev–Trinajstić information content (AvgIpc) is 3.50. The molecule has 2 atom stereocenters. The van der Waals surface area contributed by atoms with E-state index in [2.05, 4.69) is 6.92 Å². The molecule has 1 fully saturated rings. The summed E-state index contributed by atoms with van der Waals surface area (Å²) in [7, 11) is 1.66. The molecule has 3 aromatic carbocycles. The fraction of sp³-hybridized carbons (Fsp3) is 0.208. The number of para-hydroxylation sites is 2. The number of carbonyl (C=O) groups is 1. The third-order valence-electron chi connectivity index (χ3n) is 5.69. The molecule has 5 heteroatoms. The Morgan fingerprint density at radius 3 is 2.31 bits per heavy atom. The second kappa shape index (κ2) is 6.64. The third kappa shape index (κ3) is 2.77. The van der Waals surface area contributed by atoms with Gasteiger partial charge in [-0.25, -0.2) is 9.90 Å². The van der Waals surface area contributed by atoms with Crippen molar-refractivity contribution in [3.8, 4) is 5.75 Å². The largest absolute Gasteiger partial charge is 0.497 e. The van der Waals surface area contributed by atoms with Crippen LogP contribution < -0.4 is 14.7 Å². The van der Waals surface area contributed by atoms with Gasteiger partial charge in [0.2, 0.25) is 5.72 Å². The van der Waals surface area contributed by atoms with Crippen LogP contribution in [0.2, 0.25) is 0 Å². The molecule has 0 spiro atoms. The molecule has 3 aromatic rings. The van der Waals surface area contributed by atoms with Gasteiger partial charge in [0.25, 0.3) is 5.91 Å². The molecular weight excluding hydrogens is 364 g/mol. The molecule has 2 heterocycles. The SMILES string of the molecule is COc1ccc([C@]23C[C@H](C)N(C(=O)c4ccccc4)c4ccccc4N2O3)cc1. The Morgan fingerprint density at radius 2 is 1.62 bits per heavy atom. The lowest BCUT2D eigenvalue weighted by Gasteiger charge is -2.29. The summed E-state index contributed by atoms with van der Waals surface area (Å²) in [6.07, 6.45) is 0.659. The number of benzene rings is 3. The first-order chi connectivity index (χ1) is 14.1. The van der Waals surface area contributed by atoms with E-state index < -0.39 is 5.72 Å². The van der Waals surface area contributed by atoms with E-state index in [9.17, 15) is 4.79 Å². The van der Waals surface area contributed by atoms with Crippen molar-refractivity contribution in [1.29, 1.82) is 0 Å². The Bertz CT molecular complexity index is 1050. The molecular formula is C24H22N2O3. The standard InChI is InChI=1S/C24H22N2O3/c1-17-16-24(19-12-14-20(28-2)15-13-19)26(29-24)22-11-7-6-10-21(22)25(17)23(27)18-8-4-3-5-9-18/h3-15,17H,16H2,1-2H3/t17-,24+,26?/m0/s1. The summed E-state index contributed by atoms with van der Waals surface area (Å²) < 4.78 is 5.30. The zero-order valence-electron chi connectivity index (χ0n) is 16.4. The van der Waals surface area contributed by atoms with E-state index in [1.807, 2.05) is 88.8 Å². The van der Waals surface area contributed by atoms with Gasteiger partial charge in [-0.05, 0) is 43.3 Å². The fourth-order valence-corrected chi connectivity index (χ4v) is 4.23. The van der Waals surface area contributed by atoms with Gasteiger partial charge in [0.05, 0.1) is 18.5 Å². The van der Waals surface area contributed by atoms with Gasteiger partial charge in [-0.15, -0.1) is 0 Å². The summed E-state index contributed by atoms with van der Waals surface area (Å²) in [6, 6.07) is 25.2. The molecule has 0 aliphatic carbocycles. The van der Waals surface area contributed by atoms with Crippen molar-refractivity contribution < 1.29 is 14.4 Å². The Kier molecular flexibility index (Phi) is 4.07. The number of nitrogens with zero attached hydrogens (tertiary/aromatic N) is 2. The number of methoxy groups -OCH3 is 1. The van der Waals surface area contributed by atoms with Crippen LogP contribution in [0.25, 0.3) is 0 Å². The molecule has 2 aliphatic heterocycles. The van der Waals surface area contributed by atoms with Crippen LogP contribution in [0.5, 0.6) is 5.75 Å². The number of hydroxylamine groups is 1. The Labute approximate surface area is 170 Å². The number of carbonyl (C=O) groups excluding carboxylic acids is 1. The summed E-state index contributed by atoms with van der Waals surface area (Å²) in [5.74, 6) is 0.804. The first-order valence-corrected chi connectivity index (χ1v) is 9.75. The molecule has 0 bridgehead atoms. The number of anilines is 2. The van der Waals surface area contributed by atoms with E-state index in [0.717, 1.165) is 22.7 Å². The zero-order valence-corrected chi connectivity index (χ0v) is 16.4. The minimum Gasteiger partial charge on any atom is -0.497 e. The highest BCUT2D eigenvalue weighted by molar-refractivity contribution is 6.08. The monoisotopic (exact) mass is 386 g/mol. The van der Waals surface area contributed by atoms with Crippen LogP contribution in [-0.4, -0.2) is 19.1 Å². The Balaban J connectivity index is 1.58. The van der Waals surface area contributed by atoms with E-state index in [1.165, 1.54) is 0 Å². The minimum absolute atomic E-state index is 0.00192. The summed E-state index contributed by atoms with van der Waals surface area (Å²) >= 11 is 0. The molecule has 146 valence electrons. The third-order valence-corrected chi connectivity index (χ3v) is 5.69. The first kappa shape index (κ1) is 17.8. The van der Waals surface area contributed by atoms with Crippen LogP contribution in [0.3, 0.4) is 0 Å². The highest BCUT2D eigenvalue weighted by atomic mass is 16.9. The van der Waals surface area contributed by atoms with Crippen LogP contribution in [-0.2, 0) is 10.6 Å². The predicted molar refractivity (Wildman–Crippen MR) is 112 cm³/mol. The topological polar surface area (TPSA) is 45.1 Å². The van der Waals surface area contributed by atoms with Crippen LogP contribution in [0.15, 0.2) is 78.9 Å². The van der Waals surface area contributed by atoms with Crippen LogP contribution >= 0.6 is 0 Å². The molecule has 0 saturated carbocycles. The smallest absolute Gasteiger partial charge is 0.258 e. The predicted octanol–water partition coefficient (Wildman–Crippen LogP) is 4.74. The lowest BCUT2D eigenvalue weighted by Crippen LogP contribution is -2.40. The van der Waals surface area contributed by atoms with Crippen molar-refractivity contribution in [3.63, 3.8) is 0 Å². The van der Waals surface area contributed by atoms with Crippen LogP contribution in [0.1, 0.15) is 29.3 Å². The highest BCUT2D eigenvalue weighted by Crippen LogP contribution is 2.56. The van der Waals surface area contributed by atoms with Crippen molar-refractivity contribution >= 4 is 17.3 Å². The van der Waals surface area contributed by atoms with Gasteiger partial charge >= 0.3 is 0 Å². The summed E-state index contributed by atoms with van der Waals surface area (Å²) in [4.78, 5) is 21.5. The van der Waals surface area contributed by atoms with E-state index in [1.54, 1.807) is 7.11 Å². The van der Waals surface area contributed by atoms with Gasteiger partial charge in [0.1, 0.15) is 5.75 Å². The number of amides is 1. The molecule has 29 heavy (non-hydrogen) atoms. The number of hydrogen-bond acceptors (Lipinski definition) is 4. The lowest BCUT2D eigenvalue weighted by atomic mass is 9.97. The summed E-state index contributed by atoms with van der Waals surface area (Å²) in [5, 5.41) is 1.93. The Hall–Kier alpha value is -3.31. The second-order valence-corrected chi connectivity index (χ2v) is 7.48. The van der Waals surface area contributed by atoms with Crippen molar-refractivity contribution in [3.05, 3.63) is 90.0 Å². The first-order valence-electron chi connectivity index (χ1n) is 9.75. The van der Waals surface area contributed by atoms with Gasteiger partial charge in [0, 0.05) is 23.6 Å². The fourth-order valence-electron chi connectivity index (χ4n) is 4.23. The maximum atomic E-state index is 13.4. The molecule has 0 aromatic heterocycles. The lowest BCUT2D eigenvalue weighted by molar-refractivity contribution is 0.0973. The highest BCUT2D eigenvalue weighted by Gasteiger charge is 2.60. The van der Waals surface area contributed by atoms with Gasteiger partial charge in [-0.3, -0.25) is 4.79 Å². The van der Waals surface area contributed by atoms with E-state index in [0.29, 0.717) is 12.0 Å². The van der Waals surface area contributed by atoms with Crippen LogP contribution in [0.4, 0.5) is 11.4 Å².